The van der Waals surface area contributed by atoms with E-state index in [0.29, 0.717) is 18.0 Å². The Kier molecular flexibility index (Phi) is 7.04. The van der Waals surface area contributed by atoms with Crippen molar-refractivity contribution < 1.29 is 31.1 Å². The van der Waals surface area contributed by atoms with Crippen LogP contribution in [0.4, 0.5) is 13.2 Å². The van der Waals surface area contributed by atoms with E-state index in [9.17, 15) is 26.4 Å². The van der Waals surface area contributed by atoms with Crippen LogP contribution in [0.2, 0.25) is 0 Å². The highest BCUT2D eigenvalue weighted by Crippen LogP contribution is 2.28. The van der Waals surface area contributed by atoms with E-state index >= 15 is 0 Å². The molecule has 30 heavy (non-hydrogen) atoms. The van der Waals surface area contributed by atoms with Crippen LogP contribution < -0.4 is 10.1 Å². The zero-order chi connectivity index (χ0) is 21.8. The van der Waals surface area contributed by atoms with E-state index in [4.69, 9.17) is 0 Å². The van der Waals surface area contributed by atoms with Crippen LogP contribution in [-0.4, -0.2) is 38.1 Å². The molecule has 11 heteroatoms. The second kappa shape index (κ2) is 9.36. The third-order valence-corrected chi connectivity index (χ3v) is 8.01. The maximum atomic E-state index is 12.7. The number of carbonyl (C=O) groups is 1. The van der Waals surface area contributed by atoms with Gasteiger partial charge in [-0.25, -0.2) is 8.42 Å². The van der Waals surface area contributed by atoms with Crippen LogP contribution >= 0.6 is 11.3 Å². The lowest BCUT2D eigenvalue weighted by molar-refractivity contribution is -0.274. The van der Waals surface area contributed by atoms with Gasteiger partial charge in [0.15, 0.2) is 0 Å². The molecule has 2 heterocycles. The van der Waals surface area contributed by atoms with E-state index in [0.717, 1.165) is 30.6 Å². The maximum Gasteiger partial charge on any atom is 0.573 e. The van der Waals surface area contributed by atoms with Gasteiger partial charge < -0.3 is 10.1 Å². The summed E-state index contributed by atoms with van der Waals surface area (Å²) in [6.07, 6.45) is -2.21. The molecule has 0 spiro atoms. The average molecular weight is 463 g/mol. The monoisotopic (exact) mass is 462 g/mol. The smallest absolute Gasteiger partial charge is 0.405 e. The number of alkyl halides is 3. The molecular formula is C19H21F3N2O4S2. The van der Waals surface area contributed by atoms with Gasteiger partial charge in [0, 0.05) is 30.1 Å². The molecule has 1 aliphatic heterocycles. The highest BCUT2D eigenvalue weighted by Gasteiger charge is 2.32. The zero-order valence-corrected chi connectivity index (χ0v) is 17.6. The Morgan fingerprint density at radius 3 is 2.50 bits per heavy atom. The second-order valence-corrected chi connectivity index (χ2v) is 10.1. The number of rotatable bonds is 7. The summed E-state index contributed by atoms with van der Waals surface area (Å²) in [7, 11) is -3.56. The zero-order valence-electron chi connectivity index (χ0n) is 15.9. The number of nitrogens with one attached hydrogen (secondary N) is 1. The molecular weight excluding hydrogens is 441 g/mol. The standard InChI is InChI=1S/C19H21F3N2O4S2/c20-19(21,22)28-16-7-3-2-6-14(16)13-23-17(25)12-15-8-9-18(29-15)30(26,27)24-10-4-1-5-11-24/h2-3,6-9H,1,4-5,10-13H2,(H,23,25). The van der Waals surface area contributed by atoms with E-state index in [-0.39, 0.29) is 28.5 Å². The Bertz CT molecular complexity index is 984. The van der Waals surface area contributed by atoms with E-state index in [1.807, 2.05) is 0 Å². The number of nitrogens with zero attached hydrogens (tertiary/aromatic N) is 1. The topological polar surface area (TPSA) is 75.7 Å². The fourth-order valence-electron chi connectivity index (χ4n) is 3.11. The van der Waals surface area contributed by atoms with E-state index in [2.05, 4.69) is 10.1 Å². The van der Waals surface area contributed by atoms with Crippen molar-refractivity contribution >= 4 is 27.3 Å². The molecule has 1 fully saturated rings. The van der Waals surface area contributed by atoms with Crippen molar-refractivity contribution in [1.29, 1.82) is 0 Å². The largest absolute Gasteiger partial charge is 0.573 e. The lowest BCUT2D eigenvalue weighted by atomic mass is 10.2. The molecule has 1 N–H and O–H groups in total. The molecule has 3 rings (SSSR count). The number of piperidine rings is 1. The molecule has 6 nitrogen and oxygen atoms in total. The summed E-state index contributed by atoms with van der Waals surface area (Å²) < 4.78 is 68.4. The molecule has 1 aromatic carbocycles. The van der Waals surface area contributed by atoms with Gasteiger partial charge >= 0.3 is 6.36 Å². The maximum absolute atomic E-state index is 12.7. The van der Waals surface area contributed by atoms with E-state index in [1.165, 1.54) is 28.6 Å². The van der Waals surface area contributed by atoms with Gasteiger partial charge in [-0.15, -0.1) is 24.5 Å². The van der Waals surface area contributed by atoms with Crippen molar-refractivity contribution in [3.8, 4) is 5.75 Å². The van der Waals surface area contributed by atoms with Crippen molar-refractivity contribution in [1.82, 2.24) is 9.62 Å². The molecule has 0 saturated carbocycles. The number of halogens is 3. The Hall–Kier alpha value is -2.11. The van der Waals surface area contributed by atoms with Crippen LogP contribution in [0.15, 0.2) is 40.6 Å². The van der Waals surface area contributed by atoms with E-state index in [1.54, 1.807) is 12.1 Å². The number of hydrogen-bond acceptors (Lipinski definition) is 5. The lowest BCUT2D eigenvalue weighted by Crippen LogP contribution is -2.35. The quantitative estimate of drug-likeness (QED) is 0.681. The van der Waals surface area contributed by atoms with Gasteiger partial charge in [-0.1, -0.05) is 24.6 Å². The highest BCUT2D eigenvalue weighted by atomic mass is 32.2. The summed E-state index contributed by atoms with van der Waals surface area (Å²) in [6.45, 7) is 0.848. The molecule has 164 valence electrons. The van der Waals surface area contributed by atoms with Gasteiger partial charge in [0.05, 0.1) is 6.42 Å². The summed E-state index contributed by atoms with van der Waals surface area (Å²) >= 11 is 1.03. The fourth-order valence-corrected chi connectivity index (χ4v) is 6.14. The third-order valence-electron chi connectivity index (χ3n) is 4.56. The van der Waals surface area contributed by atoms with Gasteiger partial charge in [-0.05, 0) is 31.0 Å². The van der Waals surface area contributed by atoms with Crippen LogP contribution in [0.5, 0.6) is 5.75 Å². The average Bonchev–Trinajstić information content (AvgIpc) is 3.16. The van der Waals surface area contributed by atoms with Crippen molar-refractivity contribution in [2.75, 3.05) is 13.1 Å². The number of carbonyl (C=O) groups excluding carboxylic acids is 1. The second-order valence-electron chi connectivity index (χ2n) is 6.79. The third kappa shape index (κ3) is 5.96. The van der Waals surface area contributed by atoms with Crippen molar-refractivity contribution in [3.05, 3.63) is 46.8 Å². The molecule has 0 bridgehead atoms. The van der Waals surface area contributed by atoms with Gasteiger partial charge in [0.1, 0.15) is 9.96 Å². The van der Waals surface area contributed by atoms with Crippen LogP contribution in [-0.2, 0) is 27.8 Å². The first kappa shape index (κ1) is 22.6. The summed E-state index contributed by atoms with van der Waals surface area (Å²) in [5.74, 6) is -0.808. The summed E-state index contributed by atoms with van der Waals surface area (Å²) in [4.78, 5) is 12.8. The fraction of sp³-hybridized carbons (Fsp3) is 0.421. The number of sulfonamides is 1. The normalized spacial score (nSPS) is 15.7. The molecule has 1 saturated heterocycles. The Morgan fingerprint density at radius 2 is 1.80 bits per heavy atom. The number of amides is 1. The first-order chi connectivity index (χ1) is 14.1. The van der Waals surface area contributed by atoms with Crippen molar-refractivity contribution in [2.45, 2.75) is 42.8 Å². The summed E-state index contributed by atoms with van der Waals surface area (Å²) in [6, 6.07) is 8.62. The minimum absolute atomic E-state index is 0.0670. The highest BCUT2D eigenvalue weighted by molar-refractivity contribution is 7.91. The Balaban J connectivity index is 1.59. The van der Waals surface area contributed by atoms with Crippen molar-refractivity contribution in [3.63, 3.8) is 0 Å². The molecule has 1 aliphatic rings. The van der Waals surface area contributed by atoms with Gasteiger partial charge in [-0.3, -0.25) is 4.79 Å². The van der Waals surface area contributed by atoms with Crippen LogP contribution in [0.3, 0.4) is 0 Å². The molecule has 0 atom stereocenters. The molecule has 2 aromatic rings. The van der Waals surface area contributed by atoms with E-state index < -0.39 is 22.3 Å². The molecule has 0 aliphatic carbocycles. The number of thiophene rings is 1. The summed E-state index contributed by atoms with van der Waals surface area (Å²) in [5.41, 5.74) is 0.183. The van der Waals surface area contributed by atoms with Crippen LogP contribution in [0, 0.1) is 0 Å². The molecule has 1 aromatic heterocycles. The predicted octanol–water partition coefficient (Wildman–Crippen LogP) is 3.68. The number of para-hydroxylation sites is 1. The first-order valence-electron chi connectivity index (χ1n) is 9.34. The van der Waals surface area contributed by atoms with Crippen LogP contribution in [0.1, 0.15) is 29.7 Å². The summed E-state index contributed by atoms with van der Waals surface area (Å²) in [5, 5.41) is 2.55. The number of ether oxygens (including phenoxy) is 1. The number of benzene rings is 1. The minimum Gasteiger partial charge on any atom is -0.405 e. The minimum atomic E-state index is -4.83. The first-order valence-corrected chi connectivity index (χ1v) is 11.6. The Morgan fingerprint density at radius 1 is 1.10 bits per heavy atom. The number of hydrogen-bond donors (Lipinski definition) is 1. The van der Waals surface area contributed by atoms with Gasteiger partial charge in [0.2, 0.25) is 5.91 Å². The predicted molar refractivity (Wildman–Crippen MR) is 106 cm³/mol. The molecule has 0 radical (unpaired) electrons. The van der Waals surface area contributed by atoms with Gasteiger partial charge in [0.25, 0.3) is 10.0 Å². The molecule has 0 unspecified atom stereocenters. The SMILES string of the molecule is O=C(Cc1ccc(S(=O)(=O)N2CCCCC2)s1)NCc1ccccc1OC(F)(F)F. The van der Waals surface area contributed by atoms with Gasteiger partial charge in [-0.2, -0.15) is 4.31 Å². The van der Waals surface area contributed by atoms with Crippen LogP contribution in [0.25, 0.3) is 0 Å². The lowest BCUT2D eigenvalue weighted by Gasteiger charge is -2.25. The molecule has 1 amide bonds. The Labute approximate surface area is 176 Å². The van der Waals surface area contributed by atoms with Crippen molar-refractivity contribution in [2.24, 2.45) is 0 Å².